The number of thiazole rings is 1. The molecule has 2 amide bonds. The van der Waals surface area contributed by atoms with Crippen molar-refractivity contribution >= 4 is 29.2 Å². The molecule has 0 saturated carbocycles. The molecule has 2 heterocycles. The molecular weight excluding hydrogens is 348 g/mol. The predicted molar refractivity (Wildman–Crippen MR) is 101 cm³/mol. The Morgan fingerprint density at radius 1 is 1.08 bits per heavy atom. The topological polar surface area (TPSA) is 84.0 Å². The van der Waals surface area contributed by atoms with Gasteiger partial charge < -0.3 is 0 Å². The number of aryl methyl sites for hydroxylation is 1. The molecule has 0 aliphatic carbocycles. The Morgan fingerprint density at radius 2 is 1.88 bits per heavy atom. The predicted octanol–water partition coefficient (Wildman–Crippen LogP) is 2.99. The van der Waals surface area contributed by atoms with Crippen molar-refractivity contribution in [1.29, 1.82) is 0 Å². The molecule has 0 unspecified atom stereocenters. The molecule has 0 bridgehead atoms. The second kappa shape index (κ2) is 8.17. The molecule has 1 aromatic carbocycles. The molecule has 0 aliphatic heterocycles. The first kappa shape index (κ1) is 17.5. The molecule has 6 nitrogen and oxygen atoms in total. The molecule has 0 radical (unpaired) electrons. The fourth-order valence-electron chi connectivity index (χ4n) is 2.17. The maximum absolute atomic E-state index is 12.3. The van der Waals surface area contributed by atoms with Crippen molar-refractivity contribution in [1.82, 2.24) is 20.8 Å². The van der Waals surface area contributed by atoms with Crippen molar-refractivity contribution in [3.63, 3.8) is 0 Å². The quantitative estimate of drug-likeness (QED) is 0.551. The normalized spacial score (nSPS) is 10.7. The SMILES string of the molecule is Cc1nc(-c2ccccc2)sc1C(=O)NNC(=O)/C=C/c1cccnc1. The largest absolute Gasteiger partial charge is 0.281 e. The van der Waals surface area contributed by atoms with Crippen LogP contribution in [0, 0.1) is 6.92 Å². The summed E-state index contributed by atoms with van der Waals surface area (Å²) in [6.07, 6.45) is 6.22. The van der Waals surface area contributed by atoms with Gasteiger partial charge in [0.15, 0.2) is 0 Å². The number of hydrazine groups is 1. The van der Waals surface area contributed by atoms with Crippen LogP contribution in [0.25, 0.3) is 16.6 Å². The standard InChI is InChI=1S/C19H16N4O2S/c1-13-17(26-19(21-13)15-7-3-2-4-8-15)18(25)23-22-16(24)10-9-14-6-5-11-20-12-14/h2-12H,1H3,(H,22,24)(H,23,25)/b10-9+. The highest BCUT2D eigenvalue weighted by Crippen LogP contribution is 2.27. The number of aromatic nitrogens is 2. The molecule has 0 atom stereocenters. The monoisotopic (exact) mass is 364 g/mol. The summed E-state index contributed by atoms with van der Waals surface area (Å²) < 4.78 is 0. The van der Waals surface area contributed by atoms with Crippen LogP contribution in [-0.4, -0.2) is 21.8 Å². The number of benzene rings is 1. The Bertz CT molecular complexity index is 937. The number of nitrogens with zero attached hydrogens (tertiary/aromatic N) is 2. The summed E-state index contributed by atoms with van der Waals surface area (Å²) >= 11 is 1.28. The average Bonchev–Trinajstić information content (AvgIpc) is 3.08. The minimum Gasteiger partial charge on any atom is -0.268 e. The maximum atomic E-state index is 12.3. The molecule has 3 aromatic rings. The van der Waals surface area contributed by atoms with E-state index >= 15 is 0 Å². The van der Waals surface area contributed by atoms with E-state index in [4.69, 9.17) is 0 Å². The Hall–Kier alpha value is -3.32. The zero-order valence-corrected chi connectivity index (χ0v) is 14.8. The van der Waals surface area contributed by atoms with E-state index in [1.54, 1.807) is 31.5 Å². The van der Waals surface area contributed by atoms with E-state index in [9.17, 15) is 9.59 Å². The summed E-state index contributed by atoms with van der Waals surface area (Å²) in [7, 11) is 0. The first-order valence-corrected chi connectivity index (χ1v) is 8.66. The van der Waals surface area contributed by atoms with Crippen molar-refractivity contribution in [3.05, 3.63) is 77.1 Å². The van der Waals surface area contributed by atoms with Crippen LogP contribution in [0.15, 0.2) is 60.9 Å². The molecule has 2 N–H and O–H groups in total. The van der Waals surface area contributed by atoms with Crippen molar-refractivity contribution < 1.29 is 9.59 Å². The molecule has 0 aliphatic rings. The highest BCUT2D eigenvalue weighted by Gasteiger charge is 2.16. The molecule has 3 rings (SSSR count). The zero-order valence-electron chi connectivity index (χ0n) is 14.0. The smallest absolute Gasteiger partial charge is 0.268 e. The Kier molecular flexibility index (Phi) is 5.50. The van der Waals surface area contributed by atoms with Gasteiger partial charge in [-0.2, -0.15) is 0 Å². The lowest BCUT2D eigenvalue weighted by Crippen LogP contribution is -2.40. The number of amides is 2. The lowest BCUT2D eigenvalue weighted by molar-refractivity contribution is -0.117. The van der Waals surface area contributed by atoms with E-state index < -0.39 is 11.8 Å². The minimum absolute atomic E-state index is 0.398. The van der Waals surface area contributed by atoms with Gasteiger partial charge >= 0.3 is 0 Å². The molecular formula is C19H16N4O2S. The summed E-state index contributed by atoms with van der Waals surface area (Å²) in [6, 6.07) is 13.2. The van der Waals surface area contributed by atoms with Gasteiger partial charge in [0.1, 0.15) is 9.88 Å². The third-order valence-corrected chi connectivity index (χ3v) is 4.64. The number of carbonyl (C=O) groups is 2. The van der Waals surface area contributed by atoms with Crippen molar-refractivity contribution in [2.75, 3.05) is 0 Å². The zero-order chi connectivity index (χ0) is 18.4. The van der Waals surface area contributed by atoms with Crippen LogP contribution in [-0.2, 0) is 4.79 Å². The van der Waals surface area contributed by atoms with Gasteiger partial charge in [-0.1, -0.05) is 36.4 Å². The summed E-state index contributed by atoms with van der Waals surface area (Å²) in [5, 5.41) is 0.760. The van der Waals surface area contributed by atoms with Gasteiger partial charge in [-0.3, -0.25) is 25.4 Å². The molecule has 0 fully saturated rings. The Labute approximate surface area is 154 Å². The minimum atomic E-state index is -0.437. The molecule has 26 heavy (non-hydrogen) atoms. The summed E-state index contributed by atoms with van der Waals surface area (Å²) in [5.41, 5.74) is 7.12. The number of rotatable bonds is 4. The summed E-state index contributed by atoms with van der Waals surface area (Å²) in [6.45, 7) is 1.77. The van der Waals surface area contributed by atoms with Crippen LogP contribution in [0.2, 0.25) is 0 Å². The van der Waals surface area contributed by atoms with Gasteiger partial charge in [-0.05, 0) is 24.6 Å². The molecule has 0 saturated heterocycles. The van der Waals surface area contributed by atoms with Gasteiger partial charge in [0.2, 0.25) is 0 Å². The first-order valence-electron chi connectivity index (χ1n) is 7.85. The van der Waals surface area contributed by atoms with E-state index in [-0.39, 0.29) is 0 Å². The lowest BCUT2D eigenvalue weighted by atomic mass is 10.2. The fraction of sp³-hybridized carbons (Fsp3) is 0.0526. The van der Waals surface area contributed by atoms with Crippen LogP contribution < -0.4 is 10.9 Å². The summed E-state index contributed by atoms with van der Waals surface area (Å²) in [4.78, 5) is 33.0. The van der Waals surface area contributed by atoms with Crippen LogP contribution in [0.5, 0.6) is 0 Å². The van der Waals surface area contributed by atoms with E-state index in [0.29, 0.717) is 10.6 Å². The van der Waals surface area contributed by atoms with Gasteiger partial charge in [0.25, 0.3) is 11.8 Å². The third-order valence-electron chi connectivity index (χ3n) is 3.43. The molecule has 2 aromatic heterocycles. The average molecular weight is 364 g/mol. The van der Waals surface area contributed by atoms with Crippen LogP contribution >= 0.6 is 11.3 Å². The van der Waals surface area contributed by atoms with E-state index in [0.717, 1.165) is 16.1 Å². The number of nitrogens with one attached hydrogen (secondary N) is 2. The number of carbonyl (C=O) groups excluding carboxylic acids is 2. The Balaban J connectivity index is 1.61. The van der Waals surface area contributed by atoms with Crippen molar-refractivity contribution in [2.45, 2.75) is 6.92 Å². The maximum Gasteiger partial charge on any atom is 0.281 e. The molecule has 7 heteroatoms. The summed E-state index contributed by atoms with van der Waals surface area (Å²) in [5.74, 6) is -0.835. The van der Waals surface area contributed by atoms with Gasteiger partial charge in [-0.25, -0.2) is 4.98 Å². The van der Waals surface area contributed by atoms with Gasteiger partial charge in [0, 0.05) is 24.0 Å². The van der Waals surface area contributed by atoms with E-state index in [1.807, 2.05) is 36.4 Å². The molecule has 130 valence electrons. The van der Waals surface area contributed by atoms with Crippen molar-refractivity contribution in [3.8, 4) is 10.6 Å². The van der Waals surface area contributed by atoms with Crippen molar-refractivity contribution in [2.24, 2.45) is 0 Å². The van der Waals surface area contributed by atoms with E-state index in [2.05, 4.69) is 20.8 Å². The third kappa shape index (κ3) is 4.40. The molecule has 0 spiro atoms. The number of hydrogen-bond acceptors (Lipinski definition) is 5. The first-order chi connectivity index (χ1) is 12.6. The second-order valence-electron chi connectivity index (χ2n) is 5.36. The van der Waals surface area contributed by atoms with Crippen LogP contribution in [0.1, 0.15) is 20.9 Å². The number of pyridine rings is 1. The van der Waals surface area contributed by atoms with Gasteiger partial charge in [0.05, 0.1) is 5.69 Å². The second-order valence-corrected chi connectivity index (χ2v) is 6.36. The lowest BCUT2D eigenvalue weighted by Gasteiger charge is -2.03. The Morgan fingerprint density at radius 3 is 2.62 bits per heavy atom. The highest BCUT2D eigenvalue weighted by molar-refractivity contribution is 7.17. The van der Waals surface area contributed by atoms with Crippen LogP contribution in [0.4, 0.5) is 0 Å². The van der Waals surface area contributed by atoms with E-state index in [1.165, 1.54) is 17.4 Å². The van der Waals surface area contributed by atoms with Crippen LogP contribution in [0.3, 0.4) is 0 Å². The highest BCUT2D eigenvalue weighted by atomic mass is 32.1. The van der Waals surface area contributed by atoms with Gasteiger partial charge in [-0.15, -0.1) is 11.3 Å². The number of hydrogen-bond donors (Lipinski definition) is 2. The fourth-order valence-corrected chi connectivity index (χ4v) is 3.14.